The molecule has 2 aliphatic carbocycles. The van der Waals surface area contributed by atoms with Crippen molar-refractivity contribution in [3.05, 3.63) is 0 Å². The van der Waals surface area contributed by atoms with E-state index in [-0.39, 0.29) is 6.61 Å². The monoisotopic (exact) mass is 171 g/mol. The third-order valence-electron chi connectivity index (χ3n) is 3.46. The van der Waals surface area contributed by atoms with Crippen molar-refractivity contribution in [3.63, 3.8) is 0 Å². The van der Waals surface area contributed by atoms with Gasteiger partial charge in [0.05, 0.1) is 12.2 Å². The molecule has 2 aliphatic rings. The van der Waals surface area contributed by atoms with Gasteiger partial charge in [-0.15, -0.1) is 0 Å². The van der Waals surface area contributed by atoms with Gasteiger partial charge in [0.15, 0.2) is 0 Å². The van der Waals surface area contributed by atoms with Gasteiger partial charge in [-0.05, 0) is 37.5 Å². The van der Waals surface area contributed by atoms with E-state index in [0.717, 1.165) is 25.7 Å². The molecule has 0 aromatic heterocycles. The summed E-state index contributed by atoms with van der Waals surface area (Å²) < 4.78 is 0. The zero-order valence-corrected chi connectivity index (χ0v) is 7.24. The van der Waals surface area contributed by atoms with E-state index in [4.69, 9.17) is 10.8 Å². The number of rotatable bonds is 1. The van der Waals surface area contributed by atoms with Crippen LogP contribution in [0.15, 0.2) is 0 Å². The van der Waals surface area contributed by atoms with Gasteiger partial charge in [0.1, 0.15) is 0 Å². The first kappa shape index (κ1) is 8.48. The lowest BCUT2D eigenvalue weighted by atomic mass is 9.98. The van der Waals surface area contributed by atoms with Gasteiger partial charge in [-0.1, -0.05) is 0 Å². The lowest BCUT2D eigenvalue weighted by Crippen LogP contribution is -2.31. The maximum absolute atomic E-state index is 9.80. The van der Waals surface area contributed by atoms with Crippen molar-refractivity contribution < 1.29 is 10.2 Å². The highest BCUT2D eigenvalue weighted by atomic mass is 16.3. The number of aliphatic hydroxyl groups excluding tert-OH is 1. The number of hydrogen-bond acceptors (Lipinski definition) is 3. The van der Waals surface area contributed by atoms with Crippen molar-refractivity contribution in [1.29, 1.82) is 0 Å². The summed E-state index contributed by atoms with van der Waals surface area (Å²) in [6, 6.07) is 0.336. The van der Waals surface area contributed by atoms with E-state index in [0.29, 0.717) is 17.9 Å². The third-order valence-corrected chi connectivity index (χ3v) is 3.46. The summed E-state index contributed by atoms with van der Waals surface area (Å²) in [7, 11) is 0. The Morgan fingerprint density at radius 3 is 2.17 bits per heavy atom. The van der Waals surface area contributed by atoms with Crippen molar-refractivity contribution >= 4 is 0 Å². The zero-order valence-electron chi connectivity index (χ0n) is 7.24. The Morgan fingerprint density at radius 2 is 1.75 bits per heavy atom. The quantitative estimate of drug-likeness (QED) is 0.514. The van der Waals surface area contributed by atoms with Gasteiger partial charge in [0.2, 0.25) is 0 Å². The summed E-state index contributed by atoms with van der Waals surface area (Å²) in [6.45, 7) is -0.0881. The summed E-state index contributed by atoms with van der Waals surface area (Å²) in [5, 5.41) is 18.8. The molecule has 0 amide bonds. The average Bonchev–Trinajstić information content (AvgIpc) is 2.42. The lowest BCUT2D eigenvalue weighted by molar-refractivity contribution is -0.0151. The number of aliphatic hydroxyl groups is 2. The zero-order chi connectivity index (χ0) is 8.77. The fraction of sp³-hybridized carbons (Fsp3) is 1.00. The normalized spacial score (nSPS) is 52.8. The lowest BCUT2D eigenvalue weighted by Gasteiger charge is -2.20. The summed E-state index contributed by atoms with van der Waals surface area (Å²) >= 11 is 0. The van der Waals surface area contributed by atoms with Gasteiger partial charge in [-0.3, -0.25) is 0 Å². The Kier molecular flexibility index (Phi) is 1.90. The van der Waals surface area contributed by atoms with Crippen molar-refractivity contribution in [3.8, 4) is 0 Å². The number of hydrogen-bond donors (Lipinski definition) is 3. The van der Waals surface area contributed by atoms with Crippen molar-refractivity contribution in [2.45, 2.75) is 37.3 Å². The molecule has 2 unspecified atom stereocenters. The van der Waals surface area contributed by atoms with Crippen LogP contribution in [0, 0.1) is 11.8 Å². The summed E-state index contributed by atoms with van der Waals surface area (Å²) in [6.07, 6.45) is 3.57. The molecule has 0 heterocycles. The van der Waals surface area contributed by atoms with Crippen LogP contribution >= 0.6 is 0 Å². The highest BCUT2D eigenvalue weighted by Crippen LogP contribution is 2.47. The van der Waals surface area contributed by atoms with E-state index in [1.165, 1.54) is 0 Å². The van der Waals surface area contributed by atoms with E-state index in [9.17, 15) is 5.11 Å². The first-order valence-corrected chi connectivity index (χ1v) is 4.72. The smallest absolute Gasteiger partial charge is 0.0882 e. The molecule has 2 fully saturated rings. The second kappa shape index (κ2) is 2.69. The Bertz CT molecular complexity index is 169. The molecule has 4 N–H and O–H groups in total. The fourth-order valence-electron chi connectivity index (χ4n) is 2.95. The molecule has 0 radical (unpaired) electrons. The van der Waals surface area contributed by atoms with Crippen LogP contribution in [0.4, 0.5) is 0 Å². The summed E-state index contributed by atoms with van der Waals surface area (Å²) in [5.41, 5.74) is 5.03. The van der Waals surface area contributed by atoms with Crippen LogP contribution in [-0.2, 0) is 0 Å². The Hall–Kier alpha value is -0.120. The minimum atomic E-state index is -0.782. The fourth-order valence-corrected chi connectivity index (χ4v) is 2.95. The van der Waals surface area contributed by atoms with Crippen LogP contribution in [0.25, 0.3) is 0 Å². The first-order valence-electron chi connectivity index (χ1n) is 4.72. The molecule has 3 nitrogen and oxygen atoms in total. The van der Waals surface area contributed by atoms with Gasteiger partial charge in [-0.2, -0.15) is 0 Å². The van der Waals surface area contributed by atoms with E-state index >= 15 is 0 Å². The second-order valence-electron chi connectivity index (χ2n) is 4.54. The molecule has 0 bridgehead atoms. The average molecular weight is 171 g/mol. The molecule has 12 heavy (non-hydrogen) atoms. The molecule has 2 rings (SSSR count). The van der Waals surface area contributed by atoms with Crippen molar-refractivity contribution in [2.24, 2.45) is 17.6 Å². The Morgan fingerprint density at radius 1 is 1.25 bits per heavy atom. The molecule has 0 aliphatic heterocycles. The summed E-state index contributed by atoms with van der Waals surface area (Å²) in [4.78, 5) is 0. The molecule has 3 heteroatoms. The second-order valence-corrected chi connectivity index (χ2v) is 4.54. The molecule has 0 aromatic rings. The molecular formula is C9H17NO2. The molecule has 2 saturated carbocycles. The van der Waals surface area contributed by atoms with Gasteiger partial charge >= 0.3 is 0 Å². The molecule has 70 valence electrons. The Balaban J connectivity index is 2.02. The predicted molar refractivity (Wildman–Crippen MR) is 45.5 cm³/mol. The largest absolute Gasteiger partial charge is 0.393 e. The maximum atomic E-state index is 9.80. The van der Waals surface area contributed by atoms with Crippen LogP contribution < -0.4 is 5.73 Å². The molecule has 0 aromatic carbocycles. The van der Waals surface area contributed by atoms with E-state index in [2.05, 4.69) is 0 Å². The Labute approximate surface area is 72.6 Å². The standard InChI is InChI=1S/C9H17NO2/c10-8-1-6-3-9(12,5-11)4-7(6)2-8/h6-8,11-12H,1-5,10H2/t6-,7+,8?,9?. The van der Waals surface area contributed by atoms with E-state index < -0.39 is 5.60 Å². The minimum Gasteiger partial charge on any atom is -0.393 e. The van der Waals surface area contributed by atoms with Crippen LogP contribution in [0.1, 0.15) is 25.7 Å². The minimum absolute atomic E-state index is 0.0881. The van der Waals surface area contributed by atoms with Crippen LogP contribution in [0.3, 0.4) is 0 Å². The van der Waals surface area contributed by atoms with Crippen LogP contribution in [0.2, 0.25) is 0 Å². The predicted octanol–water partition coefficient (Wildman–Crippen LogP) is -0.143. The van der Waals surface area contributed by atoms with Crippen LogP contribution in [0.5, 0.6) is 0 Å². The SMILES string of the molecule is NC1C[C@@H]2CC(O)(CO)C[C@@H]2C1. The molecular weight excluding hydrogens is 154 g/mol. The van der Waals surface area contributed by atoms with E-state index in [1.807, 2.05) is 0 Å². The topological polar surface area (TPSA) is 66.5 Å². The van der Waals surface area contributed by atoms with Crippen LogP contribution in [-0.4, -0.2) is 28.5 Å². The first-order chi connectivity index (χ1) is 5.63. The van der Waals surface area contributed by atoms with Gasteiger partial charge in [0.25, 0.3) is 0 Å². The van der Waals surface area contributed by atoms with Crippen molar-refractivity contribution in [1.82, 2.24) is 0 Å². The highest BCUT2D eigenvalue weighted by Gasteiger charge is 2.47. The van der Waals surface area contributed by atoms with Gasteiger partial charge in [0, 0.05) is 6.04 Å². The molecule has 0 spiro atoms. The third kappa shape index (κ3) is 1.26. The van der Waals surface area contributed by atoms with Gasteiger partial charge in [-0.25, -0.2) is 0 Å². The van der Waals surface area contributed by atoms with Crippen molar-refractivity contribution in [2.75, 3.05) is 6.61 Å². The summed E-state index contributed by atoms with van der Waals surface area (Å²) in [5.74, 6) is 1.13. The highest BCUT2D eigenvalue weighted by molar-refractivity contribution is 5.00. The van der Waals surface area contributed by atoms with Gasteiger partial charge < -0.3 is 15.9 Å². The molecule has 4 atom stereocenters. The maximum Gasteiger partial charge on any atom is 0.0882 e. The number of nitrogens with two attached hydrogens (primary N) is 1. The molecule has 0 saturated heterocycles. The number of fused-ring (bicyclic) bond motifs is 1. The van der Waals surface area contributed by atoms with E-state index in [1.54, 1.807) is 0 Å².